The molecule has 0 aliphatic rings. The molecule has 0 atom stereocenters. The third kappa shape index (κ3) is 3.19. The van der Waals surface area contributed by atoms with E-state index in [9.17, 15) is 10.1 Å². The van der Waals surface area contributed by atoms with Crippen molar-refractivity contribution in [3.8, 4) is 21.1 Å². The minimum Gasteiger partial charge on any atom is -0.258 e. The predicted octanol–water partition coefficient (Wildman–Crippen LogP) is 5.08. The highest BCUT2D eigenvalue weighted by Gasteiger charge is 2.19. The highest BCUT2D eigenvalue weighted by Crippen LogP contribution is 2.35. The van der Waals surface area contributed by atoms with Crippen molar-refractivity contribution in [2.24, 2.45) is 0 Å². The van der Waals surface area contributed by atoms with Crippen molar-refractivity contribution < 1.29 is 4.92 Å². The van der Waals surface area contributed by atoms with E-state index in [0.29, 0.717) is 10.6 Å². The Bertz CT molecular complexity index is 880. The third-order valence-corrected chi connectivity index (χ3v) is 4.76. The fraction of sp³-hybridized carbons (Fsp3) is 0.222. The normalized spacial score (nSPS) is 11.5. The predicted molar refractivity (Wildman–Crippen MR) is 96.1 cm³/mol. The molecule has 0 bridgehead atoms. The Hall–Kier alpha value is -2.60. The zero-order valence-corrected chi connectivity index (χ0v) is 14.5. The van der Waals surface area contributed by atoms with Gasteiger partial charge in [-0.15, -0.1) is 10.2 Å². The second-order valence-corrected chi connectivity index (χ2v) is 7.49. The topological polar surface area (TPSA) is 68.9 Å². The van der Waals surface area contributed by atoms with Crippen LogP contribution in [0, 0.1) is 10.1 Å². The highest BCUT2D eigenvalue weighted by molar-refractivity contribution is 7.18. The van der Waals surface area contributed by atoms with E-state index in [1.54, 1.807) is 18.2 Å². The van der Waals surface area contributed by atoms with Gasteiger partial charge in [0.2, 0.25) is 0 Å². The van der Waals surface area contributed by atoms with Crippen LogP contribution in [0.5, 0.6) is 0 Å². The molecule has 3 aromatic rings. The van der Waals surface area contributed by atoms with Gasteiger partial charge in [0.05, 0.1) is 10.5 Å². The molecule has 1 aromatic heterocycles. The molecule has 5 nitrogen and oxygen atoms in total. The number of nitro groups is 1. The molecular formula is C18H17N3O2S. The molecule has 0 saturated carbocycles. The van der Waals surface area contributed by atoms with Crippen molar-refractivity contribution in [1.29, 1.82) is 0 Å². The molecule has 6 heteroatoms. The van der Waals surface area contributed by atoms with Crippen LogP contribution in [0.3, 0.4) is 0 Å². The molecule has 0 fully saturated rings. The Kier molecular flexibility index (Phi) is 4.15. The van der Waals surface area contributed by atoms with Crippen LogP contribution in [0.2, 0.25) is 0 Å². The van der Waals surface area contributed by atoms with E-state index >= 15 is 0 Å². The van der Waals surface area contributed by atoms with Gasteiger partial charge in [-0.1, -0.05) is 68.5 Å². The summed E-state index contributed by atoms with van der Waals surface area (Å²) in [5.74, 6) is 0. The average Bonchev–Trinajstić information content (AvgIpc) is 3.04. The Balaban J connectivity index is 1.96. The summed E-state index contributed by atoms with van der Waals surface area (Å²) in [7, 11) is 0. The number of aromatic nitrogens is 2. The zero-order valence-electron chi connectivity index (χ0n) is 13.7. The Labute approximate surface area is 144 Å². The zero-order chi connectivity index (χ0) is 17.3. The molecule has 24 heavy (non-hydrogen) atoms. The standard InChI is InChI=1S/C18H17N3O2S/c1-18(2,3)13-10-8-12(9-11-13)16-19-20-17(24-16)14-6-4-5-7-15(14)21(22)23/h4-11H,1-3H3. The van der Waals surface area contributed by atoms with Crippen LogP contribution in [0.25, 0.3) is 21.1 Å². The summed E-state index contributed by atoms with van der Waals surface area (Å²) < 4.78 is 0. The summed E-state index contributed by atoms with van der Waals surface area (Å²) in [6.45, 7) is 6.50. The lowest BCUT2D eigenvalue weighted by atomic mass is 9.87. The molecule has 0 aliphatic heterocycles. The van der Waals surface area contributed by atoms with Gasteiger partial charge in [-0.3, -0.25) is 10.1 Å². The first-order chi connectivity index (χ1) is 11.4. The SMILES string of the molecule is CC(C)(C)c1ccc(-c2nnc(-c3ccccc3[N+](=O)[O-])s2)cc1. The summed E-state index contributed by atoms with van der Waals surface area (Å²) in [6, 6.07) is 14.8. The number of benzene rings is 2. The molecule has 122 valence electrons. The van der Waals surface area contributed by atoms with Gasteiger partial charge in [-0.25, -0.2) is 0 Å². The smallest absolute Gasteiger partial charge is 0.258 e. The monoisotopic (exact) mass is 339 g/mol. The van der Waals surface area contributed by atoms with Crippen molar-refractivity contribution in [1.82, 2.24) is 10.2 Å². The van der Waals surface area contributed by atoms with E-state index in [2.05, 4.69) is 43.1 Å². The van der Waals surface area contributed by atoms with Gasteiger partial charge in [-0.05, 0) is 17.0 Å². The van der Waals surface area contributed by atoms with E-state index in [1.807, 2.05) is 12.1 Å². The molecule has 1 heterocycles. The number of rotatable bonds is 3. The van der Waals surface area contributed by atoms with Gasteiger partial charge in [0.15, 0.2) is 5.01 Å². The van der Waals surface area contributed by atoms with Crippen molar-refractivity contribution in [3.05, 3.63) is 64.2 Å². The highest BCUT2D eigenvalue weighted by atomic mass is 32.1. The van der Waals surface area contributed by atoms with E-state index in [-0.39, 0.29) is 11.1 Å². The minimum atomic E-state index is -0.394. The lowest BCUT2D eigenvalue weighted by molar-refractivity contribution is -0.384. The fourth-order valence-electron chi connectivity index (χ4n) is 2.38. The molecule has 0 N–H and O–H groups in total. The van der Waals surface area contributed by atoms with Crippen molar-refractivity contribution in [2.75, 3.05) is 0 Å². The van der Waals surface area contributed by atoms with Crippen molar-refractivity contribution in [3.63, 3.8) is 0 Å². The molecular weight excluding hydrogens is 322 g/mol. The van der Waals surface area contributed by atoms with Crippen LogP contribution >= 0.6 is 11.3 Å². The summed E-state index contributed by atoms with van der Waals surface area (Å²) in [4.78, 5) is 10.8. The fourth-order valence-corrected chi connectivity index (χ4v) is 3.26. The summed E-state index contributed by atoms with van der Waals surface area (Å²) in [5, 5.41) is 20.8. The molecule has 0 spiro atoms. The van der Waals surface area contributed by atoms with Crippen LogP contribution in [0.15, 0.2) is 48.5 Å². The largest absolute Gasteiger partial charge is 0.279 e. The Morgan fingerprint density at radius 3 is 2.21 bits per heavy atom. The molecule has 3 rings (SSSR count). The van der Waals surface area contributed by atoms with E-state index in [4.69, 9.17) is 0 Å². The Morgan fingerprint density at radius 1 is 0.958 bits per heavy atom. The molecule has 0 radical (unpaired) electrons. The maximum Gasteiger partial charge on any atom is 0.279 e. The average molecular weight is 339 g/mol. The van der Waals surface area contributed by atoms with Crippen LogP contribution in [0.4, 0.5) is 5.69 Å². The summed E-state index contributed by atoms with van der Waals surface area (Å²) >= 11 is 1.36. The van der Waals surface area contributed by atoms with Crippen molar-refractivity contribution in [2.45, 2.75) is 26.2 Å². The van der Waals surface area contributed by atoms with Crippen LogP contribution in [-0.2, 0) is 5.41 Å². The number of hydrogen-bond donors (Lipinski definition) is 0. The number of para-hydroxylation sites is 1. The van der Waals surface area contributed by atoms with Gasteiger partial charge in [-0.2, -0.15) is 0 Å². The van der Waals surface area contributed by atoms with E-state index in [0.717, 1.165) is 10.6 Å². The molecule has 2 aromatic carbocycles. The molecule has 0 unspecified atom stereocenters. The van der Waals surface area contributed by atoms with E-state index in [1.165, 1.54) is 23.0 Å². The Morgan fingerprint density at radius 2 is 1.58 bits per heavy atom. The van der Waals surface area contributed by atoms with Gasteiger partial charge in [0.1, 0.15) is 5.01 Å². The minimum absolute atomic E-state index is 0.0447. The first-order valence-electron chi connectivity index (χ1n) is 7.54. The third-order valence-electron chi connectivity index (χ3n) is 3.75. The molecule has 0 amide bonds. The molecule has 0 aliphatic carbocycles. The first-order valence-corrected chi connectivity index (χ1v) is 8.36. The van der Waals surface area contributed by atoms with Crippen LogP contribution in [0.1, 0.15) is 26.3 Å². The second kappa shape index (κ2) is 6.13. The maximum atomic E-state index is 11.2. The summed E-state index contributed by atoms with van der Waals surface area (Å²) in [6.07, 6.45) is 0. The molecule has 0 saturated heterocycles. The van der Waals surface area contributed by atoms with Crippen LogP contribution < -0.4 is 0 Å². The lowest BCUT2D eigenvalue weighted by Gasteiger charge is -2.18. The van der Waals surface area contributed by atoms with Gasteiger partial charge < -0.3 is 0 Å². The van der Waals surface area contributed by atoms with Gasteiger partial charge in [0.25, 0.3) is 5.69 Å². The number of nitro benzene ring substituents is 1. The van der Waals surface area contributed by atoms with Gasteiger partial charge >= 0.3 is 0 Å². The van der Waals surface area contributed by atoms with Gasteiger partial charge in [0, 0.05) is 11.6 Å². The number of nitrogens with zero attached hydrogens (tertiary/aromatic N) is 3. The lowest BCUT2D eigenvalue weighted by Crippen LogP contribution is -2.10. The number of hydrogen-bond acceptors (Lipinski definition) is 5. The van der Waals surface area contributed by atoms with E-state index < -0.39 is 4.92 Å². The summed E-state index contributed by atoms with van der Waals surface area (Å²) in [5.41, 5.74) is 2.84. The maximum absolute atomic E-state index is 11.2. The van der Waals surface area contributed by atoms with Crippen molar-refractivity contribution >= 4 is 17.0 Å². The quantitative estimate of drug-likeness (QED) is 0.493. The first kappa shape index (κ1) is 16.3. The second-order valence-electron chi connectivity index (χ2n) is 6.51. The van der Waals surface area contributed by atoms with Crippen LogP contribution in [-0.4, -0.2) is 15.1 Å².